The second kappa shape index (κ2) is 7.25. The highest BCUT2D eigenvalue weighted by atomic mass is 16.5. The minimum atomic E-state index is 0.285. The molecule has 0 aromatic carbocycles. The molecule has 96 valence electrons. The Morgan fingerprint density at radius 2 is 1.88 bits per heavy atom. The van der Waals surface area contributed by atoms with Gasteiger partial charge in [0.25, 0.3) is 0 Å². The molecule has 0 aromatic heterocycles. The summed E-state index contributed by atoms with van der Waals surface area (Å²) in [5.41, 5.74) is 0.285. The molecule has 1 rings (SSSR count). The van der Waals surface area contributed by atoms with Gasteiger partial charge in [0, 0.05) is 32.4 Å². The van der Waals surface area contributed by atoms with E-state index in [1.54, 1.807) is 0 Å². The van der Waals surface area contributed by atoms with Crippen molar-refractivity contribution in [1.29, 1.82) is 0 Å². The molecule has 0 amide bonds. The Morgan fingerprint density at radius 3 is 2.38 bits per heavy atom. The first-order valence-corrected chi connectivity index (χ1v) is 6.68. The van der Waals surface area contributed by atoms with Crippen LogP contribution >= 0.6 is 0 Å². The molecule has 0 unspecified atom stereocenters. The van der Waals surface area contributed by atoms with E-state index in [-0.39, 0.29) is 5.41 Å². The normalized spacial score (nSPS) is 18.9. The van der Waals surface area contributed by atoms with Crippen molar-refractivity contribution >= 4 is 0 Å². The van der Waals surface area contributed by atoms with Crippen molar-refractivity contribution < 1.29 is 9.84 Å². The van der Waals surface area contributed by atoms with Gasteiger partial charge in [-0.3, -0.25) is 0 Å². The second-order valence-electron chi connectivity index (χ2n) is 4.95. The van der Waals surface area contributed by atoms with Gasteiger partial charge in [-0.2, -0.15) is 0 Å². The van der Waals surface area contributed by atoms with Gasteiger partial charge in [-0.15, -0.1) is 0 Å². The van der Waals surface area contributed by atoms with E-state index in [0.29, 0.717) is 12.6 Å². The molecular weight excluding hydrogens is 202 g/mol. The highest BCUT2D eigenvalue weighted by Gasteiger charge is 2.26. The average molecular weight is 229 g/mol. The smallest absolute Gasteiger partial charge is 0.0480 e. The molecular formula is C13H27NO2. The van der Waals surface area contributed by atoms with Crippen molar-refractivity contribution in [2.45, 2.75) is 52.0 Å². The standard InChI is InChI=1S/C13H27NO2/c1-3-13(4-2,7-8-15)11-14-12-5-9-16-10-6-12/h12,14-15H,3-11H2,1-2H3. The number of aliphatic hydroxyl groups excluding tert-OH is 1. The van der Waals surface area contributed by atoms with Gasteiger partial charge in [-0.25, -0.2) is 0 Å². The van der Waals surface area contributed by atoms with Crippen molar-refractivity contribution in [1.82, 2.24) is 5.32 Å². The molecule has 16 heavy (non-hydrogen) atoms. The van der Waals surface area contributed by atoms with Crippen LogP contribution in [0, 0.1) is 5.41 Å². The van der Waals surface area contributed by atoms with Gasteiger partial charge < -0.3 is 15.2 Å². The number of rotatable bonds is 7. The van der Waals surface area contributed by atoms with Gasteiger partial charge in [0.15, 0.2) is 0 Å². The largest absolute Gasteiger partial charge is 0.396 e. The zero-order valence-electron chi connectivity index (χ0n) is 10.8. The molecule has 0 aliphatic carbocycles. The number of hydrogen-bond acceptors (Lipinski definition) is 3. The first-order chi connectivity index (χ1) is 7.76. The first kappa shape index (κ1) is 13.9. The fourth-order valence-electron chi connectivity index (χ4n) is 2.44. The number of hydrogen-bond donors (Lipinski definition) is 2. The molecule has 0 radical (unpaired) electrons. The molecule has 1 fully saturated rings. The highest BCUT2D eigenvalue weighted by Crippen LogP contribution is 2.29. The number of ether oxygens (including phenoxy) is 1. The van der Waals surface area contributed by atoms with Crippen molar-refractivity contribution in [3.8, 4) is 0 Å². The molecule has 0 aromatic rings. The van der Waals surface area contributed by atoms with E-state index in [4.69, 9.17) is 9.84 Å². The third kappa shape index (κ3) is 4.04. The Labute approximate surface area is 99.6 Å². The predicted octanol–water partition coefficient (Wildman–Crippen LogP) is 1.94. The summed E-state index contributed by atoms with van der Waals surface area (Å²) < 4.78 is 5.35. The lowest BCUT2D eigenvalue weighted by molar-refractivity contribution is 0.0709. The Morgan fingerprint density at radius 1 is 1.25 bits per heavy atom. The van der Waals surface area contributed by atoms with Crippen LogP contribution in [0.4, 0.5) is 0 Å². The van der Waals surface area contributed by atoms with Crippen LogP contribution in [0.5, 0.6) is 0 Å². The molecule has 1 heterocycles. The lowest BCUT2D eigenvalue weighted by atomic mass is 9.79. The summed E-state index contributed by atoms with van der Waals surface area (Å²) in [4.78, 5) is 0. The molecule has 3 heteroatoms. The first-order valence-electron chi connectivity index (χ1n) is 6.68. The van der Waals surface area contributed by atoms with Crippen LogP contribution < -0.4 is 5.32 Å². The van der Waals surface area contributed by atoms with Gasteiger partial charge in [0.05, 0.1) is 0 Å². The molecule has 0 spiro atoms. The summed E-state index contributed by atoms with van der Waals surface area (Å²) >= 11 is 0. The fraction of sp³-hybridized carbons (Fsp3) is 1.00. The molecule has 0 atom stereocenters. The van der Waals surface area contributed by atoms with E-state index in [1.165, 1.54) is 0 Å². The minimum Gasteiger partial charge on any atom is -0.396 e. The number of aliphatic hydroxyl groups is 1. The molecule has 1 saturated heterocycles. The zero-order chi connectivity index (χ0) is 11.9. The summed E-state index contributed by atoms with van der Waals surface area (Å²) in [6, 6.07) is 0.616. The zero-order valence-corrected chi connectivity index (χ0v) is 10.8. The molecule has 0 bridgehead atoms. The van der Waals surface area contributed by atoms with E-state index in [1.807, 2.05) is 0 Å². The highest BCUT2D eigenvalue weighted by molar-refractivity contribution is 4.81. The van der Waals surface area contributed by atoms with E-state index in [2.05, 4.69) is 19.2 Å². The maximum Gasteiger partial charge on any atom is 0.0480 e. The summed E-state index contributed by atoms with van der Waals surface area (Å²) in [5, 5.41) is 12.8. The van der Waals surface area contributed by atoms with Crippen molar-refractivity contribution in [3.05, 3.63) is 0 Å². The fourth-order valence-corrected chi connectivity index (χ4v) is 2.44. The Hall–Kier alpha value is -0.120. The van der Waals surface area contributed by atoms with E-state index in [0.717, 1.165) is 51.9 Å². The monoisotopic (exact) mass is 229 g/mol. The third-order valence-electron chi connectivity index (χ3n) is 4.13. The van der Waals surface area contributed by atoms with Crippen LogP contribution in [0.1, 0.15) is 46.0 Å². The minimum absolute atomic E-state index is 0.285. The SMILES string of the molecule is CCC(CC)(CCO)CNC1CCOCC1. The van der Waals surface area contributed by atoms with Crippen LogP contribution in [0.3, 0.4) is 0 Å². The summed E-state index contributed by atoms with van der Waals surface area (Å²) in [6.07, 6.45) is 5.45. The molecule has 0 saturated carbocycles. The average Bonchev–Trinajstić information content (AvgIpc) is 2.36. The summed E-state index contributed by atoms with van der Waals surface area (Å²) in [5.74, 6) is 0. The lowest BCUT2D eigenvalue weighted by Gasteiger charge is -2.34. The molecule has 2 N–H and O–H groups in total. The topological polar surface area (TPSA) is 41.5 Å². The summed E-state index contributed by atoms with van der Waals surface area (Å²) in [6.45, 7) is 7.57. The van der Waals surface area contributed by atoms with Gasteiger partial charge in [0.1, 0.15) is 0 Å². The van der Waals surface area contributed by atoms with Crippen LogP contribution in [0.15, 0.2) is 0 Å². The number of nitrogens with one attached hydrogen (secondary N) is 1. The Bertz CT molecular complexity index is 175. The van der Waals surface area contributed by atoms with E-state index in [9.17, 15) is 0 Å². The lowest BCUT2D eigenvalue weighted by Crippen LogP contribution is -2.42. The van der Waals surface area contributed by atoms with Crippen molar-refractivity contribution in [3.63, 3.8) is 0 Å². The molecule has 1 aliphatic rings. The maximum absolute atomic E-state index is 9.15. The van der Waals surface area contributed by atoms with Crippen molar-refractivity contribution in [2.24, 2.45) is 5.41 Å². The van der Waals surface area contributed by atoms with Crippen LogP contribution in [0.25, 0.3) is 0 Å². The quantitative estimate of drug-likeness (QED) is 0.701. The van der Waals surface area contributed by atoms with Gasteiger partial charge in [0.2, 0.25) is 0 Å². The van der Waals surface area contributed by atoms with Crippen LogP contribution in [0.2, 0.25) is 0 Å². The van der Waals surface area contributed by atoms with Gasteiger partial charge in [-0.1, -0.05) is 13.8 Å². The van der Waals surface area contributed by atoms with E-state index < -0.39 is 0 Å². The molecule has 1 aliphatic heterocycles. The van der Waals surface area contributed by atoms with Gasteiger partial charge >= 0.3 is 0 Å². The van der Waals surface area contributed by atoms with Gasteiger partial charge in [-0.05, 0) is 37.5 Å². The Kier molecular flexibility index (Phi) is 6.32. The Balaban J connectivity index is 2.35. The van der Waals surface area contributed by atoms with E-state index >= 15 is 0 Å². The van der Waals surface area contributed by atoms with Crippen molar-refractivity contribution in [2.75, 3.05) is 26.4 Å². The van der Waals surface area contributed by atoms with Crippen LogP contribution in [-0.2, 0) is 4.74 Å². The summed E-state index contributed by atoms with van der Waals surface area (Å²) in [7, 11) is 0. The predicted molar refractivity (Wildman–Crippen MR) is 66.6 cm³/mol. The molecule has 3 nitrogen and oxygen atoms in total. The third-order valence-corrected chi connectivity index (χ3v) is 4.13. The van der Waals surface area contributed by atoms with Crippen LogP contribution in [-0.4, -0.2) is 37.5 Å². The second-order valence-corrected chi connectivity index (χ2v) is 4.95. The maximum atomic E-state index is 9.15.